The van der Waals surface area contributed by atoms with Crippen LogP contribution in [-0.2, 0) is 9.53 Å². The zero-order valence-electron chi connectivity index (χ0n) is 13.3. The smallest absolute Gasteiger partial charge is 0.417 e. The molecule has 0 N–H and O–H groups in total. The molecule has 126 valence electrons. The van der Waals surface area contributed by atoms with E-state index < -0.39 is 29.8 Å². The first-order valence-electron chi connectivity index (χ1n) is 7.79. The van der Waals surface area contributed by atoms with E-state index in [9.17, 15) is 14.0 Å². The van der Waals surface area contributed by atoms with Gasteiger partial charge in [0.1, 0.15) is 18.5 Å². The number of hydrogen-bond acceptors (Lipinski definition) is 4. The molecule has 3 rings (SSSR count). The van der Waals surface area contributed by atoms with Gasteiger partial charge in [-0.05, 0) is 11.6 Å². The molecule has 2 atom stereocenters. The van der Waals surface area contributed by atoms with Gasteiger partial charge in [-0.15, -0.1) is 0 Å². The van der Waals surface area contributed by atoms with Crippen LogP contribution >= 0.6 is 0 Å². The maximum absolute atomic E-state index is 14.1. The standard InChI is InChI=1S/C19H15FN2O3/c20-16-9-5-4-8-14(16)15(10-11-21)18(23)22-17(12-25-19(22)24)13-6-2-1-3-7-13/h1-9,15,17H,10,12H2/t15-,17+/m1/s1. The Balaban J connectivity index is 1.97. The van der Waals surface area contributed by atoms with Crippen LogP contribution < -0.4 is 0 Å². The average molecular weight is 338 g/mol. The molecule has 6 heteroatoms. The number of amides is 2. The van der Waals surface area contributed by atoms with Crippen molar-refractivity contribution in [3.05, 3.63) is 71.5 Å². The Morgan fingerprint density at radius 1 is 1.24 bits per heavy atom. The van der Waals surface area contributed by atoms with E-state index in [0.29, 0.717) is 0 Å². The first kappa shape index (κ1) is 16.7. The highest BCUT2D eigenvalue weighted by Gasteiger charge is 2.42. The molecule has 2 amide bonds. The normalized spacial score (nSPS) is 17.7. The van der Waals surface area contributed by atoms with Crippen molar-refractivity contribution in [2.75, 3.05) is 6.61 Å². The number of cyclic esters (lactones) is 1. The molecule has 1 heterocycles. The van der Waals surface area contributed by atoms with Gasteiger partial charge in [0, 0.05) is 5.56 Å². The van der Waals surface area contributed by atoms with E-state index in [-0.39, 0.29) is 18.6 Å². The number of benzene rings is 2. The molecule has 0 unspecified atom stereocenters. The van der Waals surface area contributed by atoms with Crippen molar-refractivity contribution in [3.8, 4) is 6.07 Å². The van der Waals surface area contributed by atoms with Gasteiger partial charge in [-0.1, -0.05) is 48.5 Å². The number of carbonyl (C=O) groups excluding carboxylic acids is 2. The second-order valence-electron chi connectivity index (χ2n) is 5.65. The van der Waals surface area contributed by atoms with E-state index >= 15 is 0 Å². The highest BCUT2D eigenvalue weighted by atomic mass is 19.1. The Morgan fingerprint density at radius 2 is 1.92 bits per heavy atom. The van der Waals surface area contributed by atoms with Crippen LogP contribution in [0.2, 0.25) is 0 Å². The number of nitriles is 1. The van der Waals surface area contributed by atoms with E-state index in [1.807, 2.05) is 12.1 Å². The van der Waals surface area contributed by atoms with Gasteiger partial charge in [0.05, 0.1) is 18.4 Å². The molecule has 5 nitrogen and oxygen atoms in total. The van der Waals surface area contributed by atoms with Crippen molar-refractivity contribution in [1.29, 1.82) is 5.26 Å². The minimum atomic E-state index is -1.07. The van der Waals surface area contributed by atoms with Gasteiger partial charge in [0.2, 0.25) is 5.91 Å². The SMILES string of the molecule is N#CC[C@@H](C(=O)N1C(=O)OC[C@H]1c1ccccc1)c1ccccc1F. The van der Waals surface area contributed by atoms with E-state index in [1.54, 1.807) is 30.3 Å². The van der Waals surface area contributed by atoms with Crippen LogP contribution in [-0.4, -0.2) is 23.5 Å². The molecule has 1 fully saturated rings. The summed E-state index contributed by atoms with van der Waals surface area (Å²) >= 11 is 0. The number of hydrogen-bond donors (Lipinski definition) is 0. The molecule has 1 saturated heterocycles. The highest BCUT2D eigenvalue weighted by Crippen LogP contribution is 2.33. The molecule has 0 bridgehead atoms. The van der Waals surface area contributed by atoms with Crippen molar-refractivity contribution in [3.63, 3.8) is 0 Å². The van der Waals surface area contributed by atoms with Gasteiger partial charge < -0.3 is 4.74 Å². The van der Waals surface area contributed by atoms with E-state index in [4.69, 9.17) is 10.00 Å². The zero-order valence-corrected chi connectivity index (χ0v) is 13.3. The molecule has 0 aromatic heterocycles. The molecule has 0 aliphatic carbocycles. The molecular weight excluding hydrogens is 323 g/mol. The maximum atomic E-state index is 14.1. The third kappa shape index (κ3) is 3.22. The lowest BCUT2D eigenvalue weighted by molar-refractivity contribution is -0.130. The third-order valence-corrected chi connectivity index (χ3v) is 4.17. The minimum Gasteiger partial charge on any atom is -0.446 e. The summed E-state index contributed by atoms with van der Waals surface area (Å²) in [5.41, 5.74) is 0.839. The Kier molecular flexibility index (Phi) is 4.75. The summed E-state index contributed by atoms with van der Waals surface area (Å²) in [5.74, 6) is -2.29. The molecule has 2 aromatic rings. The summed E-state index contributed by atoms with van der Waals surface area (Å²) in [4.78, 5) is 26.1. The van der Waals surface area contributed by atoms with Crippen LogP contribution in [0.25, 0.3) is 0 Å². The summed E-state index contributed by atoms with van der Waals surface area (Å²) in [7, 11) is 0. The van der Waals surface area contributed by atoms with Gasteiger partial charge in [-0.2, -0.15) is 5.26 Å². The van der Waals surface area contributed by atoms with Crippen LogP contribution in [0.3, 0.4) is 0 Å². The second-order valence-corrected chi connectivity index (χ2v) is 5.65. The molecule has 0 spiro atoms. The maximum Gasteiger partial charge on any atom is 0.417 e. The fraction of sp³-hybridized carbons (Fsp3) is 0.211. The van der Waals surface area contributed by atoms with Crippen LogP contribution in [0.4, 0.5) is 9.18 Å². The third-order valence-electron chi connectivity index (χ3n) is 4.17. The lowest BCUT2D eigenvalue weighted by atomic mass is 9.93. The van der Waals surface area contributed by atoms with Crippen LogP contribution in [0, 0.1) is 17.1 Å². The van der Waals surface area contributed by atoms with Crippen molar-refractivity contribution < 1.29 is 18.7 Å². The molecule has 1 aliphatic heterocycles. The summed E-state index contributed by atoms with van der Waals surface area (Å²) in [6, 6.07) is 16.1. The van der Waals surface area contributed by atoms with E-state index in [0.717, 1.165) is 10.5 Å². The Bertz CT molecular complexity index is 832. The first-order chi connectivity index (χ1) is 12.1. The zero-order chi connectivity index (χ0) is 17.8. The van der Waals surface area contributed by atoms with Crippen molar-refractivity contribution in [2.24, 2.45) is 0 Å². The average Bonchev–Trinajstić information content (AvgIpc) is 3.02. The number of halogens is 1. The summed E-state index contributed by atoms with van der Waals surface area (Å²) < 4.78 is 19.2. The van der Waals surface area contributed by atoms with E-state index in [1.165, 1.54) is 18.2 Å². The van der Waals surface area contributed by atoms with Crippen LogP contribution in [0.1, 0.15) is 29.5 Å². The first-order valence-corrected chi connectivity index (χ1v) is 7.79. The van der Waals surface area contributed by atoms with Crippen molar-refractivity contribution in [2.45, 2.75) is 18.4 Å². The van der Waals surface area contributed by atoms with Gasteiger partial charge >= 0.3 is 6.09 Å². The topological polar surface area (TPSA) is 70.4 Å². The number of nitrogens with zero attached hydrogens (tertiary/aromatic N) is 2. The number of ether oxygens (including phenoxy) is 1. The number of carbonyl (C=O) groups is 2. The van der Waals surface area contributed by atoms with Crippen LogP contribution in [0.15, 0.2) is 54.6 Å². The van der Waals surface area contributed by atoms with Gasteiger partial charge in [-0.25, -0.2) is 14.1 Å². The fourth-order valence-electron chi connectivity index (χ4n) is 2.93. The van der Waals surface area contributed by atoms with Crippen molar-refractivity contribution in [1.82, 2.24) is 4.90 Å². The molecule has 1 aliphatic rings. The predicted molar refractivity (Wildman–Crippen MR) is 86.7 cm³/mol. The Morgan fingerprint density at radius 3 is 2.60 bits per heavy atom. The molecular formula is C19H15FN2O3. The molecule has 0 radical (unpaired) electrons. The minimum absolute atomic E-state index is 0.0329. The Hall–Kier alpha value is -3.20. The predicted octanol–water partition coefficient (Wildman–Crippen LogP) is 3.54. The van der Waals surface area contributed by atoms with Crippen molar-refractivity contribution >= 4 is 12.0 Å². The summed E-state index contributed by atoms with van der Waals surface area (Å²) in [6.45, 7) is 0.0329. The number of rotatable bonds is 4. The summed E-state index contributed by atoms with van der Waals surface area (Å²) in [5, 5.41) is 9.07. The fourth-order valence-corrected chi connectivity index (χ4v) is 2.93. The van der Waals surface area contributed by atoms with E-state index in [2.05, 4.69) is 0 Å². The summed E-state index contributed by atoms with van der Waals surface area (Å²) in [6.07, 6.45) is -1.01. The van der Waals surface area contributed by atoms with Gasteiger partial charge in [0.25, 0.3) is 0 Å². The van der Waals surface area contributed by atoms with Gasteiger partial charge in [-0.3, -0.25) is 4.79 Å². The monoisotopic (exact) mass is 338 g/mol. The lowest BCUT2D eigenvalue weighted by Gasteiger charge is -2.24. The van der Waals surface area contributed by atoms with Crippen LogP contribution in [0.5, 0.6) is 0 Å². The lowest BCUT2D eigenvalue weighted by Crippen LogP contribution is -2.38. The molecule has 25 heavy (non-hydrogen) atoms. The highest BCUT2D eigenvalue weighted by molar-refractivity contribution is 5.97. The largest absolute Gasteiger partial charge is 0.446 e. The molecule has 0 saturated carbocycles. The Labute approximate surface area is 144 Å². The number of imide groups is 1. The quantitative estimate of drug-likeness (QED) is 0.855. The second kappa shape index (κ2) is 7.14. The van der Waals surface area contributed by atoms with Gasteiger partial charge in [0.15, 0.2) is 0 Å². The molecule has 2 aromatic carbocycles.